The maximum absolute atomic E-state index is 12.6. The van der Waals surface area contributed by atoms with Gasteiger partial charge in [0.2, 0.25) is 0 Å². The van der Waals surface area contributed by atoms with Crippen molar-refractivity contribution in [1.29, 1.82) is 0 Å². The molecule has 1 aromatic carbocycles. The zero-order chi connectivity index (χ0) is 22.6. The lowest BCUT2D eigenvalue weighted by Crippen LogP contribution is -2.30. The fourth-order valence-corrected chi connectivity index (χ4v) is 4.83. The lowest BCUT2D eigenvalue weighted by atomic mass is 10.1. The van der Waals surface area contributed by atoms with Crippen molar-refractivity contribution < 1.29 is 9.21 Å². The van der Waals surface area contributed by atoms with Gasteiger partial charge in [-0.05, 0) is 37.8 Å². The second-order valence-electron chi connectivity index (χ2n) is 8.24. The SMILES string of the molecule is CCCSc1nc(N2CCCCC2)c2cnn(CCNC(=O)c3cc4ccccc4o3)c2n1. The highest BCUT2D eigenvalue weighted by Crippen LogP contribution is 2.29. The Bertz CT molecular complexity index is 1230. The summed E-state index contributed by atoms with van der Waals surface area (Å²) in [5.74, 6) is 2.04. The molecular formula is C24H28N6O2S. The van der Waals surface area contributed by atoms with Gasteiger partial charge < -0.3 is 14.6 Å². The molecule has 0 atom stereocenters. The first kappa shape index (κ1) is 21.8. The fraction of sp³-hybridized carbons (Fsp3) is 0.417. The van der Waals surface area contributed by atoms with Gasteiger partial charge in [0, 0.05) is 30.8 Å². The van der Waals surface area contributed by atoms with E-state index >= 15 is 0 Å². The van der Waals surface area contributed by atoms with E-state index in [9.17, 15) is 4.79 Å². The largest absolute Gasteiger partial charge is 0.451 e. The zero-order valence-electron chi connectivity index (χ0n) is 18.8. The van der Waals surface area contributed by atoms with Crippen molar-refractivity contribution >= 4 is 45.5 Å². The molecule has 3 aromatic heterocycles. The molecule has 1 saturated heterocycles. The van der Waals surface area contributed by atoms with E-state index in [-0.39, 0.29) is 5.91 Å². The monoisotopic (exact) mass is 464 g/mol. The molecule has 0 spiro atoms. The Kier molecular flexibility index (Phi) is 6.48. The standard InChI is InChI=1S/C24H28N6O2S/c1-2-14-33-24-27-21(29-11-6-3-7-12-29)18-16-26-30(22(18)28-24)13-10-25-23(31)20-15-17-8-4-5-9-19(17)32-20/h4-5,8-9,15-16H,2-3,6-7,10-14H2,1H3,(H,25,31). The Labute approximate surface area is 196 Å². The van der Waals surface area contributed by atoms with E-state index in [2.05, 4.69) is 22.2 Å². The topological polar surface area (TPSA) is 89.1 Å². The molecule has 1 fully saturated rings. The van der Waals surface area contributed by atoms with Crippen LogP contribution in [0.3, 0.4) is 0 Å². The van der Waals surface area contributed by atoms with Crippen LogP contribution in [0.25, 0.3) is 22.0 Å². The first-order chi connectivity index (χ1) is 16.2. The second-order valence-corrected chi connectivity index (χ2v) is 9.30. The number of furan rings is 1. The van der Waals surface area contributed by atoms with Crippen molar-refractivity contribution in [3.05, 3.63) is 42.3 Å². The molecule has 33 heavy (non-hydrogen) atoms. The molecule has 1 N–H and O–H groups in total. The minimum atomic E-state index is -0.231. The summed E-state index contributed by atoms with van der Waals surface area (Å²) in [5.41, 5.74) is 1.53. The van der Waals surface area contributed by atoms with Gasteiger partial charge in [-0.15, -0.1) is 0 Å². The number of hydrogen-bond donors (Lipinski definition) is 1. The van der Waals surface area contributed by atoms with Crippen LogP contribution in [0, 0.1) is 0 Å². The molecule has 1 aliphatic rings. The summed E-state index contributed by atoms with van der Waals surface area (Å²) >= 11 is 1.68. The average Bonchev–Trinajstić information content (AvgIpc) is 3.47. The van der Waals surface area contributed by atoms with Gasteiger partial charge in [0.25, 0.3) is 5.91 Å². The highest BCUT2D eigenvalue weighted by molar-refractivity contribution is 7.99. The van der Waals surface area contributed by atoms with Crippen LogP contribution in [0.5, 0.6) is 0 Å². The number of nitrogens with zero attached hydrogens (tertiary/aromatic N) is 5. The Balaban J connectivity index is 1.33. The van der Waals surface area contributed by atoms with Crippen molar-refractivity contribution in [3.8, 4) is 0 Å². The smallest absolute Gasteiger partial charge is 0.287 e. The Hall–Kier alpha value is -3.07. The number of anilines is 1. The Morgan fingerprint density at radius 1 is 1.18 bits per heavy atom. The van der Waals surface area contributed by atoms with Crippen LogP contribution in [0.15, 0.2) is 46.1 Å². The van der Waals surface area contributed by atoms with E-state index < -0.39 is 0 Å². The molecular weight excluding hydrogens is 436 g/mol. The lowest BCUT2D eigenvalue weighted by molar-refractivity contribution is 0.0926. The summed E-state index contributed by atoms with van der Waals surface area (Å²) in [6.45, 7) is 5.13. The zero-order valence-corrected chi connectivity index (χ0v) is 19.6. The summed E-state index contributed by atoms with van der Waals surface area (Å²) in [5, 5.41) is 10.2. The van der Waals surface area contributed by atoms with Crippen molar-refractivity contribution in [2.45, 2.75) is 44.3 Å². The molecule has 5 rings (SSSR count). The van der Waals surface area contributed by atoms with Crippen molar-refractivity contribution in [3.63, 3.8) is 0 Å². The number of amides is 1. The van der Waals surface area contributed by atoms with Crippen LogP contribution in [0.2, 0.25) is 0 Å². The first-order valence-corrected chi connectivity index (χ1v) is 12.6. The van der Waals surface area contributed by atoms with E-state index in [1.807, 2.05) is 35.1 Å². The molecule has 4 aromatic rings. The number of piperidine rings is 1. The quantitative estimate of drug-likeness (QED) is 0.303. The molecule has 4 heterocycles. The number of carbonyl (C=O) groups excluding carboxylic acids is 1. The lowest BCUT2D eigenvalue weighted by Gasteiger charge is -2.28. The highest BCUT2D eigenvalue weighted by atomic mass is 32.2. The summed E-state index contributed by atoms with van der Waals surface area (Å²) in [7, 11) is 0. The third-order valence-corrected chi connectivity index (χ3v) is 6.86. The van der Waals surface area contributed by atoms with Gasteiger partial charge in [-0.25, -0.2) is 14.6 Å². The van der Waals surface area contributed by atoms with Gasteiger partial charge in [-0.3, -0.25) is 4.79 Å². The number of carbonyl (C=O) groups is 1. The summed E-state index contributed by atoms with van der Waals surface area (Å²) in [4.78, 5) is 24.6. The molecule has 0 saturated carbocycles. The molecule has 0 unspecified atom stereocenters. The van der Waals surface area contributed by atoms with E-state index in [0.717, 1.165) is 52.7 Å². The van der Waals surface area contributed by atoms with Gasteiger partial charge in [-0.2, -0.15) is 5.10 Å². The molecule has 9 heteroatoms. The maximum atomic E-state index is 12.6. The van der Waals surface area contributed by atoms with E-state index in [4.69, 9.17) is 14.4 Å². The summed E-state index contributed by atoms with van der Waals surface area (Å²) < 4.78 is 7.52. The van der Waals surface area contributed by atoms with Gasteiger partial charge in [-0.1, -0.05) is 36.9 Å². The number of thioether (sulfide) groups is 1. The number of rotatable bonds is 8. The average molecular weight is 465 g/mol. The van der Waals surface area contributed by atoms with Crippen LogP contribution in [-0.2, 0) is 6.54 Å². The Morgan fingerprint density at radius 3 is 2.85 bits per heavy atom. The number of para-hydroxylation sites is 1. The fourth-order valence-electron chi connectivity index (χ4n) is 4.15. The third kappa shape index (κ3) is 4.68. The number of benzene rings is 1. The van der Waals surface area contributed by atoms with Crippen molar-refractivity contribution in [1.82, 2.24) is 25.1 Å². The van der Waals surface area contributed by atoms with Crippen LogP contribution >= 0.6 is 11.8 Å². The summed E-state index contributed by atoms with van der Waals surface area (Å²) in [6.07, 6.45) is 6.56. The van der Waals surface area contributed by atoms with E-state index in [0.29, 0.717) is 24.4 Å². The number of hydrogen-bond acceptors (Lipinski definition) is 7. The van der Waals surface area contributed by atoms with Crippen molar-refractivity contribution in [2.24, 2.45) is 0 Å². The molecule has 0 bridgehead atoms. The van der Waals surface area contributed by atoms with E-state index in [1.54, 1.807) is 17.8 Å². The molecule has 8 nitrogen and oxygen atoms in total. The number of fused-ring (bicyclic) bond motifs is 2. The van der Waals surface area contributed by atoms with Crippen molar-refractivity contribution in [2.75, 3.05) is 30.3 Å². The third-order valence-electron chi connectivity index (χ3n) is 5.80. The molecule has 1 aliphatic heterocycles. The molecule has 172 valence electrons. The minimum Gasteiger partial charge on any atom is -0.451 e. The van der Waals surface area contributed by atoms with Crippen LogP contribution in [0.1, 0.15) is 43.2 Å². The molecule has 0 aliphatic carbocycles. The maximum Gasteiger partial charge on any atom is 0.287 e. The van der Waals surface area contributed by atoms with Gasteiger partial charge >= 0.3 is 0 Å². The van der Waals surface area contributed by atoms with Crippen LogP contribution in [0.4, 0.5) is 5.82 Å². The predicted octanol–water partition coefficient (Wildman–Crippen LogP) is 4.49. The van der Waals surface area contributed by atoms with E-state index in [1.165, 1.54) is 19.3 Å². The van der Waals surface area contributed by atoms with Gasteiger partial charge in [0.1, 0.15) is 11.4 Å². The molecule has 0 radical (unpaired) electrons. The normalized spacial score (nSPS) is 14.3. The second kappa shape index (κ2) is 9.82. The minimum absolute atomic E-state index is 0.231. The van der Waals surface area contributed by atoms with Crippen LogP contribution in [-0.4, -0.2) is 51.0 Å². The first-order valence-electron chi connectivity index (χ1n) is 11.6. The predicted molar refractivity (Wildman–Crippen MR) is 131 cm³/mol. The number of nitrogens with one attached hydrogen (secondary N) is 1. The van der Waals surface area contributed by atoms with Gasteiger partial charge in [0.15, 0.2) is 16.6 Å². The summed E-state index contributed by atoms with van der Waals surface area (Å²) in [6, 6.07) is 9.37. The van der Waals surface area contributed by atoms with Gasteiger partial charge in [0.05, 0.1) is 18.1 Å². The molecule has 1 amide bonds. The number of aromatic nitrogens is 4. The Morgan fingerprint density at radius 2 is 2.03 bits per heavy atom. The van der Waals surface area contributed by atoms with Crippen LogP contribution < -0.4 is 10.2 Å². The highest BCUT2D eigenvalue weighted by Gasteiger charge is 2.20.